The minimum atomic E-state index is -0.114. The van der Waals surface area contributed by atoms with Gasteiger partial charge in [-0.15, -0.1) is 0 Å². The average Bonchev–Trinajstić information content (AvgIpc) is 3.04. The number of nitrogens with zero attached hydrogens (tertiary/aromatic N) is 1. The Labute approximate surface area is 270 Å². The van der Waals surface area contributed by atoms with Crippen molar-refractivity contribution in [2.75, 3.05) is 38.0 Å². The molecule has 0 saturated carbocycles. The molecular weight excluding hydrogens is 550 g/mol. The highest BCUT2D eigenvalue weighted by Gasteiger charge is 2.24. The number of hydrogen-bond donors (Lipinski definition) is 2. The summed E-state index contributed by atoms with van der Waals surface area (Å²) in [5.74, 6) is 1.84. The summed E-state index contributed by atoms with van der Waals surface area (Å²) in [6.07, 6.45) is 9.91. The zero-order valence-corrected chi connectivity index (χ0v) is 30.0. The van der Waals surface area contributed by atoms with E-state index in [4.69, 9.17) is 4.79 Å². The topological polar surface area (TPSA) is 95.6 Å². The predicted molar refractivity (Wildman–Crippen MR) is 188 cm³/mol. The maximum Gasteiger partial charge on any atom is 0.166 e. The van der Waals surface area contributed by atoms with Gasteiger partial charge in [0.05, 0.1) is 0 Å². The van der Waals surface area contributed by atoms with Crippen molar-refractivity contribution in [2.24, 2.45) is 17.8 Å². The third-order valence-corrected chi connectivity index (χ3v) is 7.47. The molecule has 0 amide bonds. The van der Waals surface area contributed by atoms with Gasteiger partial charge in [-0.05, 0) is 76.4 Å². The van der Waals surface area contributed by atoms with Crippen LogP contribution in [-0.2, 0) is 9.59 Å². The first-order valence-electron chi connectivity index (χ1n) is 17.4. The van der Waals surface area contributed by atoms with Crippen LogP contribution in [0.2, 0.25) is 0 Å². The van der Waals surface area contributed by atoms with Gasteiger partial charge in [-0.1, -0.05) is 74.4 Å². The van der Waals surface area contributed by atoms with E-state index in [0.717, 1.165) is 88.9 Å². The van der Waals surface area contributed by atoms with E-state index in [2.05, 4.69) is 29.4 Å². The Morgan fingerprint density at radius 3 is 2.00 bits per heavy atom. The lowest BCUT2D eigenvalue weighted by atomic mass is 9.94. The van der Waals surface area contributed by atoms with Crippen molar-refractivity contribution in [3.8, 4) is 0 Å². The van der Waals surface area contributed by atoms with Crippen LogP contribution in [0, 0.1) is 17.8 Å². The molecule has 2 aliphatic rings. The fraction of sp³-hybridized carbons (Fsp3) is 0.730. The van der Waals surface area contributed by atoms with Crippen LogP contribution in [0.25, 0.3) is 0 Å². The maximum absolute atomic E-state index is 12.4. The second-order valence-electron chi connectivity index (χ2n) is 11.8. The van der Waals surface area contributed by atoms with Gasteiger partial charge in [0.1, 0.15) is 12.1 Å². The van der Waals surface area contributed by atoms with Crippen LogP contribution < -0.4 is 10.6 Å². The fourth-order valence-corrected chi connectivity index (χ4v) is 5.11. The minimum absolute atomic E-state index is 0.0255. The van der Waals surface area contributed by atoms with Crippen LogP contribution in [0.1, 0.15) is 141 Å². The van der Waals surface area contributed by atoms with Crippen LogP contribution in [0.3, 0.4) is 0 Å². The largest absolute Gasteiger partial charge is 0.382 e. The van der Waals surface area contributed by atoms with E-state index in [1.807, 2.05) is 60.6 Å². The lowest BCUT2D eigenvalue weighted by molar-refractivity contribution is -0.119. The highest BCUT2D eigenvalue weighted by molar-refractivity contribution is 6.06. The third kappa shape index (κ3) is 19.1. The normalized spacial score (nSPS) is 15.2. The van der Waals surface area contributed by atoms with E-state index in [1.165, 1.54) is 26.3 Å². The number of ketones is 2. The van der Waals surface area contributed by atoms with Crippen molar-refractivity contribution in [2.45, 2.75) is 127 Å². The number of nitrogens with one attached hydrogen (secondary N) is 2. The van der Waals surface area contributed by atoms with E-state index < -0.39 is 0 Å². The first kappa shape index (κ1) is 43.7. The molecule has 3 rings (SSSR count). The van der Waals surface area contributed by atoms with E-state index in [9.17, 15) is 14.4 Å². The maximum atomic E-state index is 12.4. The average molecular weight is 618 g/mol. The van der Waals surface area contributed by atoms with Crippen molar-refractivity contribution < 1.29 is 19.2 Å². The molecule has 0 aliphatic carbocycles. The number of anilines is 1. The van der Waals surface area contributed by atoms with E-state index >= 15 is 0 Å². The number of rotatable bonds is 12. The standard InChI is InChI=1S/C22H33N3O2.C9H18O.C2H4O.2C2H6/c1-16(2)22(27)19-4-3-5-21(20(19)15-26)24-18-8-12-25(13-9-18)14-17-6-10-23-11-7-17;1-4-5-9(10)7-6-8(2)3;1-2-3;2*1-2/h3-5,15-18,23-24H,6-14H2,1-2H3;8H,4-7H2,1-3H3;2H,1H3;2*1-2H3. The van der Waals surface area contributed by atoms with Gasteiger partial charge < -0.3 is 20.3 Å². The lowest BCUT2D eigenvalue weighted by Gasteiger charge is -2.36. The van der Waals surface area contributed by atoms with Gasteiger partial charge in [0, 0.05) is 61.2 Å². The predicted octanol–water partition coefficient (Wildman–Crippen LogP) is 8.26. The van der Waals surface area contributed by atoms with E-state index in [1.54, 1.807) is 6.07 Å². The quantitative estimate of drug-likeness (QED) is 0.180. The van der Waals surface area contributed by atoms with Crippen LogP contribution in [-0.4, -0.2) is 67.8 Å². The molecule has 1 aromatic rings. The smallest absolute Gasteiger partial charge is 0.166 e. The molecule has 2 aliphatic heterocycles. The Morgan fingerprint density at radius 2 is 1.52 bits per heavy atom. The zero-order valence-electron chi connectivity index (χ0n) is 30.0. The van der Waals surface area contributed by atoms with Gasteiger partial charge in [0.2, 0.25) is 0 Å². The number of carbonyl (C=O) groups excluding carboxylic acids is 4. The molecular formula is C37H67N3O4. The number of hydrogen-bond acceptors (Lipinski definition) is 7. The summed E-state index contributed by atoms with van der Waals surface area (Å²) in [5.41, 5.74) is 1.84. The van der Waals surface area contributed by atoms with Gasteiger partial charge in [0.25, 0.3) is 0 Å². The Balaban J connectivity index is 0. The number of carbonyl (C=O) groups is 4. The molecule has 7 heteroatoms. The first-order valence-corrected chi connectivity index (χ1v) is 17.4. The molecule has 2 saturated heterocycles. The molecule has 0 atom stereocenters. The van der Waals surface area contributed by atoms with Gasteiger partial charge in [-0.2, -0.15) is 0 Å². The van der Waals surface area contributed by atoms with Crippen LogP contribution >= 0.6 is 0 Å². The van der Waals surface area contributed by atoms with Crippen LogP contribution in [0.15, 0.2) is 18.2 Å². The molecule has 0 radical (unpaired) electrons. The molecule has 254 valence electrons. The zero-order chi connectivity index (χ0) is 33.9. The minimum Gasteiger partial charge on any atom is -0.382 e. The molecule has 44 heavy (non-hydrogen) atoms. The lowest BCUT2D eigenvalue weighted by Crippen LogP contribution is -2.43. The molecule has 0 aromatic heterocycles. The molecule has 2 N–H and O–H groups in total. The molecule has 7 nitrogen and oxygen atoms in total. The molecule has 1 aromatic carbocycles. The SMILES string of the molecule is CC.CC.CC(C)C(=O)c1cccc(NC2CCN(CC3CCNCC3)CC2)c1C=O.CC=O.CCCC(=O)CCC(C)C. The summed E-state index contributed by atoms with van der Waals surface area (Å²) in [7, 11) is 0. The summed E-state index contributed by atoms with van der Waals surface area (Å²) in [4.78, 5) is 46.4. The highest BCUT2D eigenvalue weighted by Crippen LogP contribution is 2.25. The van der Waals surface area contributed by atoms with E-state index in [0.29, 0.717) is 28.9 Å². The molecule has 0 spiro atoms. The molecule has 2 fully saturated rings. The van der Waals surface area contributed by atoms with Crippen molar-refractivity contribution in [3.05, 3.63) is 29.3 Å². The Kier molecular flexibility index (Phi) is 28.0. The van der Waals surface area contributed by atoms with Gasteiger partial charge in [-0.25, -0.2) is 0 Å². The monoisotopic (exact) mass is 618 g/mol. The third-order valence-electron chi connectivity index (χ3n) is 7.47. The highest BCUT2D eigenvalue weighted by atomic mass is 16.1. The fourth-order valence-electron chi connectivity index (χ4n) is 5.11. The first-order chi connectivity index (χ1) is 21.2. The summed E-state index contributed by atoms with van der Waals surface area (Å²) >= 11 is 0. The van der Waals surface area contributed by atoms with Gasteiger partial charge in [0.15, 0.2) is 12.1 Å². The summed E-state index contributed by atoms with van der Waals surface area (Å²) in [6, 6.07) is 5.91. The number of aldehydes is 2. The van der Waals surface area contributed by atoms with Crippen molar-refractivity contribution >= 4 is 29.8 Å². The number of Topliss-reactive ketones (excluding diaryl/α,β-unsaturated/α-hetero) is 2. The molecule has 0 bridgehead atoms. The van der Waals surface area contributed by atoms with Crippen molar-refractivity contribution in [1.82, 2.24) is 10.2 Å². The summed E-state index contributed by atoms with van der Waals surface area (Å²) in [5, 5.41) is 6.97. The van der Waals surface area contributed by atoms with Gasteiger partial charge in [-0.3, -0.25) is 14.4 Å². The number of likely N-dealkylation sites (tertiary alicyclic amines) is 1. The second kappa shape index (κ2) is 28.1. The van der Waals surface area contributed by atoms with Gasteiger partial charge >= 0.3 is 0 Å². The van der Waals surface area contributed by atoms with Crippen LogP contribution in [0.5, 0.6) is 0 Å². The summed E-state index contributed by atoms with van der Waals surface area (Å²) in [6.45, 7) is 25.3. The Morgan fingerprint density at radius 1 is 0.955 bits per heavy atom. The Hall–Kier alpha value is -2.38. The molecule has 0 unspecified atom stereocenters. The van der Waals surface area contributed by atoms with Crippen molar-refractivity contribution in [1.29, 1.82) is 0 Å². The Bertz CT molecular complexity index is 887. The van der Waals surface area contributed by atoms with Crippen LogP contribution in [0.4, 0.5) is 5.69 Å². The summed E-state index contributed by atoms with van der Waals surface area (Å²) < 4.78 is 0. The van der Waals surface area contributed by atoms with Crippen molar-refractivity contribution in [3.63, 3.8) is 0 Å². The second-order valence-corrected chi connectivity index (χ2v) is 11.8. The molecule has 2 heterocycles. The number of piperidine rings is 2. The van der Waals surface area contributed by atoms with E-state index in [-0.39, 0.29) is 11.7 Å². The number of benzene rings is 1.